The molecule has 0 bridgehead atoms. The Morgan fingerprint density at radius 2 is 1.79 bits per heavy atom. The van der Waals surface area contributed by atoms with Crippen LogP contribution < -0.4 is 4.90 Å². The van der Waals surface area contributed by atoms with Gasteiger partial charge in [0.1, 0.15) is 0 Å². The Hall–Kier alpha value is -2.58. The van der Waals surface area contributed by atoms with Gasteiger partial charge in [0.2, 0.25) is 11.8 Å². The van der Waals surface area contributed by atoms with Crippen LogP contribution in [0.1, 0.15) is 41.7 Å². The molecule has 24 heavy (non-hydrogen) atoms. The molecule has 1 aliphatic heterocycles. The second kappa shape index (κ2) is 6.50. The highest BCUT2D eigenvalue weighted by atomic mass is 16.2. The molecule has 2 aromatic heterocycles. The van der Waals surface area contributed by atoms with Gasteiger partial charge in [0, 0.05) is 27.2 Å². The average Bonchev–Trinajstić information content (AvgIpc) is 3.00. The van der Waals surface area contributed by atoms with Crippen molar-refractivity contribution >= 4 is 11.9 Å². The third-order valence-electron chi connectivity index (χ3n) is 4.24. The van der Waals surface area contributed by atoms with Crippen molar-refractivity contribution in [2.45, 2.75) is 39.8 Å². The number of aryl methyl sites for hydroxylation is 2. The topological polar surface area (TPSA) is 92.9 Å². The van der Waals surface area contributed by atoms with Gasteiger partial charge < -0.3 is 14.4 Å². The molecule has 128 valence electrons. The Bertz CT molecular complexity index is 756. The number of carbonyl (C=O) groups is 1. The number of hydrogen-bond donors (Lipinski definition) is 0. The fraction of sp³-hybridized carbons (Fsp3) is 0.600. The molecule has 1 aliphatic rings. The maximum Gasteiger partial charge on any atom is 0.291 e. The van der Waals surface area contributed by atoms with E-state index in [1.54, 1.807) is 11.9 Å². The van der Waals surface area contributed by atoms with Gasteiger partial charge in [0.15, 0.2) is 5.82 Å². The van der Waals surface area contributed by atoms with E-state index in [2.05, 4.69) is 32.3 Å². The van der Waals surface area contributed by atoms with E-state index in [-0.39, 0.29) is 5.91 Å². The van der Waals surface area contributed by atoms with Crippen LogP contribution in [0.15, 0.2) is 0 Å². The lowest BCUT2D eigenvalue weighted by Gasteiger charge is -2.24. The summed E-state index contributed by atoms with van der Waals surface area (Å²) in [4.78, 5) is 20.2. The lowest BCUT2D eigenvalue weighted by atomic mass is 10.2. The minimum Gasteiger partial charge on any atom is -0.337 e. The monoisotopic (exact) mass is 330 g/mol. The molecular weight excluding hydrogens is 308 g/mol. The molecule has 2 aromatic rings. The van der Waals surface area contributed by atoms with Crippen LogP contribution in [0.25, 0.3) is 0 Å². The average molecular weight is 330 g/mol. The minimum atomic E-state index is -0.0962. The maximum atomic E-state index is 12.1. The third kappa shape index (κ3) is 2.81. The number of carbonyl (C=O) groups excluding carboxylic acids is 1. The first-order chi connectivity index (χ1) is 11.5. The van der Waals surface area contributed by atoms with Gasteiger partial charge in [0.05, 0.1) is 17.9 Å². The van der Waals surface area contributed by atoms with E-state index < -0.39 is 0 Å². The molecule has 0 atom stereocenters. The van der Waals surface area contributed by atoms with Crippen LogP contribution >= 0.6 is 0 Å². The standard InChI is InChI=1S/C15H22N8O/c1-5-10-11(6-2)17-20-15(16-10)22(4)9-12-18-19-13-14(24)21(3)7-8-23(12)13/h5-9H2,1-4H3. The summed E-state index contributed by atoms with van der Waals surface area (Å²) in [6, 6.07) is 0. The third-order valence-corrected chi connectivity index (χ3v) is 4.24. The van der Waals surface area contributed by atoms with Gasteiger partial charge in [-0.05, 0) is 12.8 Å². The normalized spacial score (nSPS) is 14.0. The van der Waals surface area contributed by atoms with E-state index in [0.717, 1.165) is 30.1 Å². The van der Waals surface area contributed by atoms with Gasteiger partial charge in [-0.25, -0.2) is 4.98 Å². The molecule has 0 unspecified atom stereocenters. The molecule has 0 spiro atoms. The van der Waals surface area contributed by atoms with Crippen molar-refractivity contribution in [1.82, 2.24) is 34.8 Å². The second-order valence-electron chi connectivity index (χ2n) is 5.89. The molecule has 3 rings (SSSR count). The highest BCUT2D eigenvalue weighted by Crippen LogP contribution is 2.15. The molecule has 0 aliphatic carbocycles. The number of nitrogens with zero attached hydrogens (tertiary/aromatic N) is 8. The summed E-state index contributed by atoms with van der Waals surface area (Å²) in [6.07, 6.45) is 1.64. The summed E-state index contributed by atoms with van der Waals surface area (Å²) >= 11 is 0. The Balaban J connectivity index is 1.82. The van der Waals surface area contributed by atoms with Crippen LogP contribution in [-0.4, -0.2) is 61.4 Å². The van der Waals surface area contributed by atoms with Gasteiger partial charge >= 0.3 is 0 Å². The number of hydrogen-bond acceptors (Lipinski definition) is 7. The van der Waals surface area contributed by atoms with Crippen LogP contribution in [0, 0.1) is 0 Å². The quantitative estimate of drug-likeness (QED) is 0.779. The highest BCUT2D eigenvalue weighted by Gasteiger charge is 2.27. The van der Waals surface area contributed by atoms with E-state index in [0.29, 0.717) is 31.4 Å². The molecule has 0 aromatic carbocycles. The zero-order valence-corrected chi connectivity index (χ0v) is 14.5. The number of likely N-dealkylation sites (N-methyl/N-ethyl adjacent to an activating group) is 1. The van der Waals surface area contributed by atoms with Crippen LogP contribution in [0.3, 0.4) is 0 Å². The van der Waals surface area contributed by atoms with Gasteiger partial charge in [0.25, 0.3) is 5.91 Å². The summed E-state index contributed by atoms with van der Waals surface area (Å²) in [7, 11) is 3.66. The number of aromatic nitrogens is 6. The molecule has 0 N–H and O–H groups in total. The molecule has 9 nitrogen and oxygen atoms in total. The van der Waals surface area contributed by atoms with Crippen molar-refractivity contribution in [3.05, 3.63) is 23.0 Å². The van der Waals surface area contributed by atoms with E-state index in [1.165, 1.54) is 0 Å². The van der Waals surface area contributed by atoms with Gasteiger partial charge in [-0.1, -0.05) is 13.8 Å². The summed E-state index contributed by atoms with van der Waals surface area (Å²) in [5, 5.41) is 16.7. The van der Waals surface area contributed by atoms with E-state index in [4.69, 9.17) is 0 Å². The van der Waals surface area contributed by atoms with Crippen molar-refractivity contribution in [2.75, 3.05) is 25.5 Å². The summed E-state index contributed by atoms with van der Waals surface area (Å²) in [5.74, 6) is 1.58. The summed E-state index contributed by atoms with van der Waals surface area (Å²) in [5.41, 5.74) is 1.90. The Morgan fingerprint density at radius 1 is 1.04 bits per heavy atom. The zero-order chi connectivity index (χ0) is 17.3. The summed E-state index contributed by atoms with van der Waals surface area (Å²) in [6.45, 7) is 5.93. The Morgan fingerprint density at radius 3 is 2.50 bits per heavy atom. The molecule has 0 radical (unpaired) electrons. The number of fused-ring (bicyclic) bond motifs is 1. The van der Waals surface area contributed by atoms with E-state index in [9.17, 15) is 4.79 Å². The molecule has 9 heteroatoms. The SMILES string of the molecule is CCc1nnc(N(C)Cc2nnc3n2CCN(C)C3=O)nc1CC. The van der Waals surface area contributed by atoms with Crippen LogP contribution in [0.5, 0.6) is 0 Å². The van der Waals surface area contributed by atoms with Crippen molar-refractivity contribution < 1.29 is 4.79 Å². The Kier molecular flexibility index (Phi) is 4.41. The van der Waals surface area contributed by atoms with Crippen LogP contribution in [0.2, 0.25) is 0 Å². The first-order valence-corrected chi connectivity index (χ1v) is 8.16. The molecule has 0 fully saturated rings. The molecule has 0 saturated carbocycles. The molecule has 3 heterocycles. The molecular formula is C15H22N8O. The lowest BCUT2D eigenvalue weighted by molar-refractivity contribution is 0.0740. The van der Waals surface area contributed by atoms with E-state index in [1.807, 2.05) is 23.4 Å². The number of rotatable bonds is 5. The van der Waals surface area contributed by atoms with Crippen molar-refractivity contribution in [3.8, 4) is 0 Å². The minimum absolute atomic E-state index is 0.0962. The zero-order valence-electron chi connectivity index (χ0n) is 14.5. The van der Waals surface area contributed by atoms with Crippen molar-refractivity contribution in [2.24, 2.45) is 0 Å². The van der Waals surface area contributed by atoms with Crippen LogP contribution in [-0.2, 0) is 25.9 Å². The predicted octanol–water partition coefficient (Wildman–Crippen LogP) is 0.310. The first-order valence-electron chi connectivity index (χ1n) is 8.16. The molecule has 0 saturated heterocycles. The first kappa shape index (κ1) is 16.3. The smallest absolute Gasteiger partial charge is 0.291 e. The van der Waals surface area contributed by atoms with Crippen LogP contribution in [0.4, 0.5) is 5.95 Å². The van der Waals surface area contributed by atoms with Gasteiger partial charge in [-0.2, -0.15) is 5.10 Å². The fourth-order valence-corrected chi connectivity index (χ4v) is 2.74. The fourth-order valence-electron chi connectivity index (χ4n) is 2.74. The number of anilines is 1. The van der Waals surface area contributed by atoms with Gasteiger partial charge in [-0.3, -0.25) is 4.79 Å². The van der Waals surface area contributed by atoms with Crippen molar-refractivity contribution in [1.29, 1.82) is 0 Å². The van der Waals surface area contributed by atoms with Crippen molar-refractivity contribution in [3.63, 3.8) is 0 Å². The largest absolute Gasteiger partial charge is 0.337 e. The predicted molar refractivity (Wildman–Crippen MR) is 87.7 cm³/mol. The summed E-state index contributed by atoms with van der Waals surface area (Å²) < 4.78 is 1.87. The highest BCUT2D eigenvalue weighted by molar-refractivity contribution is 5.91. The van der Waals surface area contributed by atoms with Gasteiger partial charge in [-0.15, -0.1) is 15.3 Å². The maximum absolute atomic E-state index is 12.1. The lowest BCUT2D eigenvalue weighted by Crippen LogP contribution is -2.38. The second-order valence-corrected chi connectivity index (χ2v) is 5.89. The number of amides is 1. The molecule has 1 amide bonds. The van der Waals surface area contributed by atoms with E-state index >= 15 is 0 Å². The Labute approximate surface area is 140 Å².